The Morgan fingerprint density at radius 3 is 2.74 bits per heavy atom. The van der Waals surface area contributed by atoms with Gasteiger partial charge >= 0.3 is 6.18 Å². The van der Waals surface area contributed by atoms with Gasteiger partial charge in [0.15, 0.2) is 0 Å². The number of benzene rings is 1. The van der Waals surface area contributed by atoms with Crippen LogP contribution in [0.2, 0.25) is 0 Å². The van der Waals surface area contributed by atoms with Gasteiger partial charge in [0.05, 0.1) is 27.4 Å². The molecule has 0 spiro atoms. The molecule has 0 radical (unpaired) electrons. The summed E-state index contributed by atoms with van der Waals surface area (Å²) in [5.74, 6) is -0.917. The van der Waals surface area contributed by atoms with E-state index in [1.165, 1.54) is 41.6 Å². The fourth-order valence-corrected chi connectivity index (χ4v) is 5.16. The highest BCUT2D eigenvalue weighted by Crippen LogP contribution is 2.32. The number of carbonyl (C=O) groups excluding carboxylic acids is 2. The molecule has 0 fully saturated rings. The van der Waals surface area contributed by atoms with Gasteiger partial charge in [-0.15, -0.1) is 23.1 Å². The van der Waals surface area contributed by atoms with Crippen molar-refractivity contribution in [3.8, 4) is 0 Å². The zero-order chi connectivity index (χ0) is 24.5. The summed E-state index contributed by atoms with van der Waals surface area (Å²) in [6, 6.07) is 3.95. The van der Waals surface area contributed by atoms with Crippen LogP contribution in [0.15, 0.2) is 58.7 Å². The maximum Gasteiger partial charge on any atom is 0.416 e. The zero-order valence-electron chi connectivity index (χ0n) is 18.1. The highest BCUT2D eigenvalue weighted by molar-refractivity contribution is 7.98. The van der Waals surface area contributed by atoms with E-state index in [2.05, 4.69) is 20.6 Å². The highest BCUT2D eigenvalue weighted by atomic mass is 32.2. The van der Waals surface area contributed by atoms with Crippen molar-refractivity contribution in [2.75, 3.05) is 11.6 Å². The highest BCUT2D eigenvalue weighted by Gasteiger charge is 2.33. The van der Waals surface area contributed by atoms with Crippen LogP contribution in [0.1, 0.15) is 32.7 Å². The van der Waals surface area contributed by atoms with E-state index >= 15 is 0 Å². The number of halogens is 3. The van der Waals surface area contributed by atoms with Gasteiger partial charge in [-0.1, -0.05) is 18.2 Å². The van der Waals surface area contributed by atoms with E-state index in [1.54, 1.807) is 24.4 Å². The molecule has 11 heteroatoms. The molecule has 0 saturated carbocycles. The molecule has 1 aliphatic rings. The molecule has 6 nitrogen and oxygen atoms in total. The molecule has 0 saturated heterocycles. The SMILES string of the molecule is CSc1ncnc2c(C(=O)Nc3cc(C(=O)NC4C=C(C(F)(F)F)C=CC4)ccc3C)csc12. The number of thioether (sulfide) groups is 1. The number of allylic oxidation sites excluding steroid dienone is 2. The number of carbonyl (C=O) groups is 2. The van der Waals surface area contributed by atoms with Crippen LogP contribution in [0.4, 0.5) is 18.9 Å². The molecule has 176 valence electrons. The van der Waals surface area contributed by atoms with Crippen LogP contribution in [-0.4, -0.2) is 40.3 Å². The Balaban J connectivity index is 1.53. The molecular formula is C23H19F3N4O2S2. The largest absolute Gasteiger partial charge is 0.416 e. The average molecular weight is 505 g/mol. The van der Waals surface area contributed by atoms with Gasteiger partial charge in [-0.2, -0.15) is 13.2 Å². The molecule has 1 atom stereocenters. The van der Waals surface area contributed by atoms with Crippen molar-refractivity contribution in [2.24, 2.45) is 0 Å². The molecule has 34 heavy (non-hydrogen) atoms. The van der Waals surface area contributed by atoms with E-state index in [1.807, 2.05) is 6.26 Å². The number of nitrogens with one attached hydrogen (secondary N) is 2. The van der Waals surface area contributed by atoms with Gasteiger partial charge in [-0.05, 0) is 43.4 Å². The summed E-state index contributed by atoms with van der Waals surface area (Å²) >= 11 is 2.84. The van der Waals surface area contributed by atoms with Gasteiger partial charge in [0.25, 0.3) is 11.8 Å². The van der Waals surface area contributed by atoms with Gasteiger partial charge < -0.3 is 10.6 Å². The Morgan fingerprint density at radius 2 is 2.00 bits per heavy atom. The number of anilines is 1. The van der Waals surface area contributed by atoms with Gasteiger partial charge in [-0.3, -0.25) is 9.59 Å². The van der Waals surface area contributed by atoms with Crippen molar-refractivity contribution in [3.63, 3.8) is 0 Å². The van der Waals surface area contributed by atoms with Crippen LogP contribution >= 0.6 is 23.1 Å². The monoisotopic (exact) mass is 504 g/mol. The standard InChI is InChI=1S/C23H19F3N4O2S2/c1-12-6-7-13(20(31)29-15-5-3-4-14(9-15)23(24,25)26)8-17(12)30-21(32)16-10-34-19-18(16)27-11-28-22(19)33-2/h3-4,6-11,15H,5H2,1-2H3,(H,29,31)(H,30,32). The molecule has 2 heterocycles. The van der Waals surface area contributed by atoms with E-state index < -0.39 is 23.7 Å². The summed E-state index contributed by atoms with van der Waals surface area (Å²) in [7, 11) is 0. The van der Waals surface area contributed by atoms with Crippen LogP contribution in [0.5, 0.6) is 0 Å². The summed E-state index contributed by atoms with van der Waals surface area (Å²) in [5.41, 5.74) is 1.52. The Labute approximate surface area is 201 Å². The summed E-state index contributed by atoms with van der Waals surface area (Å²) in [6.45, 7) is 1.78. The third-order valence-corrected chi connectivity index (χ3v) is 7.02. The lowest BCUT2D eigenvalue weighted by Crippen LogP contribution is -2.35. The molecule has 0 aliphatic heterocycles. The summed E-state index contributed by atoms with van der Waals surface area (Å²) in [4.78, 5) is 34.1. The number of hydrogen-bond donors (Lipinski definition) is 2. The third-order valence-electron chi connectivity index (χ3n) is 5.22. The van der Waals surface area contributed by atoms with Gasteiger partial charge in [0, 0.05) is 16.6 Å². The number of aryl methyl sites for hydroxylation is 1. The minimum absolute atomic E-state index is 0.222. The average Bonchev–Trinajstić information content (AvgIpc) is 3.24. The molecule has 2 amide bonds. The fraction of sp³-hybridized carbons (Fsp3) is 0.217. The van der Waals surface area contributed by atoms with E-state index in [4.69, 9.17) is 0 Å². The lowest BCUT2D eigenvalue weighted by molar-refractivity contribution is -0.0888. The molecular weight excluding hydrogens is 485 g/mol. The number of thiophene rings is 1. The van der Waals surface area contributed by atoms with Crippen LogP contribution < -0.4 is 10.6 Å². The fourth-order valence-electron chi connectivity index (χ4n) is 3.45. The zero-order valence-corrected chi connectivity index (χ0v) is 19.7. The lowest BCUT2D eigenvalue weighted by Gasteiger charge is -2.20. The van der Waals surface area contributed by atoms with E-state index in [-0.39, 0.29) is 17.9 Å². The van der Waals surface area contributed by atoms with E-state index in [0.717, 1.165) is 27.4 Å². The van der Waals surface area contributed by atoms with Crippen LogP contribution in [0.3, 0.4) is 0 Å². The van der Waals surface area contributed by atoms with Crippen LogP contribution in [-0.2, 0) is 0 Å². The first kappa shape index (κ1) is 24.0. The quantitative estimate of drug-likeness (QED) is 0.353. The van der Waals surface area contributed by atoms with E-state index in [0.29, 0.717) is 16.8 Å². The van der Waals surface area contributed by atoms with Gasteiger partial charge in [0.1, 0.15) is 11.4 Å². The lowest BCUT2D eigenvalue weighted by atomic mass is 10.0. The number of aromatic nitrogens is 2. The molecule has 0 bridgehead atoms. The minimum Gasteiger partial charge on any atom is -0.346 e. The Bertz CT molecular complexity index is 1330. The van der Waals surface area contributed by atoms with Crippen LogP contribution in [0.25, 0.3) is 10.2 Å². The van der Waals surface area contributed by atoms with Crippen molar-refractivity contribution in [3.05, 3.63) is 70.4 Å². The molecule has 1 aliphatic carbocycles. The van der Waals surface area contributed by atoms with E-state index in [9.17, 15) is 22.8 Å². The van der Waals surface area contributed by atoms with Crippen molar-refractivity contribution in [1.29, 1.82) is 0 Å². The molecule has 1 unspecified atom stereocenters. The topological polar surface area (TPSA) is 84.0 Å². The normalized spacial score (nSPS) is 15.8. The maximum absolute atomic E-state index is 13.0. The predicted molar refractivity (Wildman–Crippen MR) is 127 cm³/mol. The van der Waals surface area contributed by atoms with Gasteiger partial charge in [-0.25, -0.2) is 9.97 Å². The summed E-state index contributed by atoms with van der Waals surface area (Å²) in [6.07, 6.45) is 2.47. The Kier molecular flexibility index (Phi) is 6.76. The first-order valence-electron chi connectivity index (χ1n) is 10.1. The second kappa shape index (κ2) is 9.59. The first-order chi connectivity index (χ1) is 16.2. The third kappa shape index (κ3) is 5.00. The first-order valence-corrected chi connectivity index (χ1v) is 12.2. The van der Waals surface area contributed by atoms with Crippen molar-refractivity contribution in [1.82, 2.24) is 15.3 Å². The number of alkyl halides is 3. The number of nitrogens with zero attached hydrogens (tertiary/aromatic N) is 2. The molecule has 2 N–H and O–H groups in total. The summed E-state index contributed by atoms with van der Waals surface area (Å²) in [5, 5.41) is 7.91. The molecule has 3 aromatic rings. The molecule has 2 aromatic heterocycles. The van der Waals surface area contributed by atoms with Crippen molar-refractivity contribution in [2.45, 2.75) is 30.6 Å². The van der Waals surface area contributed by atoms with Crippen molar-refractivity contribution < 1.29 is 22.8 Å². The second-order valence-electron chi connectivity index (χ2n) is 7.53. The Morgan fingerprint density at radius 1 is 1.21 bits per heavy atom. The smallest absolute Gasteiger partial charge is 0.346 e. The van der Waals surface area contributed by atoms with Gasteiger partial charge in [0.2, 0.25) is 0 Å². The minimum atomic E-state index is -4.48. The van der Waals surface area contributed by atoms with Crippen LogP contribution in [0, 0.1) is 6.92 Å². The number of rotatable bonds is 5. The Hall–Kier alpha value is -3.18. The number of fused-ring (bicyclic) bond motifs is 1. The van der Waals surface area contributed by atoms with Crippen molar-refractivity contribution >= 4 is 50.8 Å². The predicted octanol–water partition coefficient (Wildman–Crippen LogP) is 5.52. The maximum atomic E-state index is 13.0. The second-order valence-corrected chi connectivity index (χ2v) is 9.21. The summed E-state index contributed by atoms with van der Waals surface area (Å²) < 4.78 is 39.7. The molecule has 1 aromatic carbocycles. The number of hydrogen-bond acceptors (Lipinski definition) is 6. The number of amides is 2. The molecule has 4 rings (SSSR count).